The van der Waals surface area contributed by atoms with Gasteiger partial charge in [0.1, 0.15) is 11.2 Å². The summed E-state index contributed by atoms with van der Waals surface area (Å²) in [7, 11) is 0. The predicted octanol–water partition coefficient (Wildman–Crippen LogP) is 8.30. The Kier molecular flexibility index (Phi) is 4.64. The molecule has 0 radical (unpaired) electrons. The first-order valence-electron chi connectivity index (χ1n) is 11.8. The van der Waals surface area contributed by atoms with Crippen LogP contribution >= 0.6 is 11.3 Å². The Bertz CT molecular complexity index is 1770. The second-order valence-electron chi connectivity index (χ2n) is 9.00. The summed E-state index contributed by atoms with van der Waals surface area (Å²) in [5.41, 5.74) is 3.74. The third-order valence-corrected chi connectivity index (χ3v) is 7.56. The van der Waals surface area contributed by atoms with Gasteiger partial charge in [0.15, 0.2) is 17.5 Å². The number of aromatic nitrogens is 3. The fourth-order valence-corrected chi connectivity index (χ4v) is 5.69. The molecule has 0 aliphatic heterocycles. The summed E-state index contributed by atoms with van der Waals surface area (Å²) < 4.78 is 7.26. The molecule has 3 heterocycles. The van der Waals surface area contributed by atoms with Crippen molar-refractivity contribution in [3.8, 4) is 22.1 Å². The van der Waals surface area contributed by atoms with Crippen LogP contribution in [0.4, 0.5) is 0 Å². The molecule has 4 nitrogen and oxygen atoms in total. The van der Waals surface area contributed by atoms with Crippen molar-refractivity contribution < 1.29 is 4.42 Å². The highest BCUT2D eigenvalue weighted by Crippen LogP contribution is 2.35. The number of allylic oxidation sites excluding steroid dienone is 4. The Morgan fingerprint density at radius 1 is 0.800 bits per heavy atom. The Balaban J connectivity index is 1.44. The first kappa shape index (κ1) is 20.3. The molecule has 35 heavy (non-hydrogen) atoms. The summed E-state index contributed by atoms with van der Waals surface area (Å²) in [5, 5.41) is 3.36. The lowest BCUT2D eigenvalue weighted by Crippen LogP contribution is -2.04. The van der Waals surface area contributed by atoms with Crippen molar-refractivity contribution in [2.24, 2.45) is 5.92 Å². The van der Waals surface area contributed by atoms with E-state index in [1.165, 1.54) is 10.1 Å². The highest BCUT2D eigenvalue weighted by molar-refractivity contribution is 7.22. The zero-order valence-electron chi connectivity index (χ0n) is 19.1. The molecule has 168 valence electrons. The van der Waals surface area contributed by atoms with Crippen molar-refractivity contribution >= 4 is 48.9 Å². The maximum Gasteiger partial charge on any atom is 0.174 e. The van der Waals surface area contributed by atoms with Gasteiger partial charge >= 0.3 is 0 Å². The maximum atomic E-state index is 6.03. The minimum atomic E-state index is 0.455. The molecule has 0 N–H and O–H groups in total. The molecule has 0 saturated heterocycles. The first-order valence-corrected chi connectivity index (χ1v) is 12.6. The summed E-state index contributed by atoms with van der Waals surface area (Å²) >= 11 is 1.71. The van der Waals surface area contributed by atoms with Crippen molar-refractivity contribution in [1.82, 2.24) is 15.0 Å². The van der Waals surface area contributed by atoms with Crippen LogP contribution in [0.3, 0.4) is 0 Å². The number of hydrogen-bond donors (Lipinski definition) is 0. The van der Waals surface area contributed by atoms with Crippen LogP contribution in [0.15, 0.2) is 95.4 Å². The number of benzene rings is 3. The zero-order chi connectivity index (χ0) is 23.4. The predicted molar refractivity (Wildman–Crippen MR) is 144 cm³/mol. The number of para-hydroxylation sites is 1. The lowest BCUT2D eigenvalue weighted by atomic mass is 9.97. The van der Waals surface area contributed by atoms with Crippen LogP contribution in [-0.4, -0.2) is 15.0 Å². The topological polar surface area (TPSA) is 51.8 Å². The summed E-state index contributed by atoms with van der Waals surface area (Å²) in [5.74, 6) is 2.54. The van der Waals surface area contributed by atoms with Gasteiger partial charge in [0.25, 0.3) is 0 Å². The average molecular weight is 472 g/mol. The molecule has 1 aliphatic carbocycles. The number of rotatable bonds is 3. The minimum Gasteiger partial charge on any atom is -0.456 e. The van der Waals surface area contributed by atoms with Gasteiger partial charge in [-0.2, -0.15) is 0 Å². The molecule has 0 saturated carbocycles. The van der Waals surface area contributed by atoms with Gasteiger partial charge in [-0.25, -0.2) is 15.0 Å². The number of fused-ring (bicyclic) bond motifs is 4. The standard InChI is InChI=1S/C30H21N3OS/c1-18-7-6-9-20(15-18)28-31-29(33-30(32-28)27-17-19-8-2-5-12-26(19)35-27)21-13-14-25-23(16-21)22-10-3-4-11-24(22)34-25/h2-6,8-18H,7H2,1H3. The highest BCUT2D eigenvalue weighted by Gasteiger charge is 2.17. The Morgan fingerprint density at radius 2 is 1.60 bits per heavy atom. The molecule has 0 fully saturated rings. The second-order valence-corrected chi connectivity index (χ2v) is 10.1. The van der Waals surface area contributed by atoms with Crippen LogP contribution in [0.1, 0.15) is 19.2 Å². The van der Waals surface area contributed by atoms with Gasteiger partial charge in [0.05, 0.1) is 4.88 Å². The van der Waals surface area contributed by atoms with Gasteiger partial charge in [-0.15, -0.1) is 11.3 Å². The monoisotopic (exact) mass is 471 g/mol. The Hall–Kier alpha value is -4.09. The van der Waals surface area contributed by atoms with Gasteiger partial charge in [-0.1, -0.05) is 61.5 Å². The van der Waals surface area contributed by atoms with Crippen molar-refractivity contribution in [3.63, 3.8) is 0 Å². The van der Waals surface area contributed by atoms with E-state index in [-0.39, 0.29) is 0 Å². The number of furan rings is 1. The molecular weight excluding hydrogens is 450 g/mol. The van der Waals surface area contributed by atoms with E-state index in [9.17, 15) is 0 Å². The summed E-state index contributed by atoms with van der Waals surface area (Å²) in [6.45, 7) is 2.22. The smallest absolute Gasteiger partial charge is 0.174 e. The molecular formula is C30H21N3OS. The lowest BCUT2D eigenvalue weighted by molar-refractivity contribution is 0.669. The Morgan fingerprint density at radius 3 is 2.51 bits per heavy atom. The van der Waals surface area contributed by atoms with E-state index in [0.29, 0.717) is 23.4 Å². The summed E-state index contributed by atoms with van der Waals surface area (Å²) in [6, 6.07) is 24.9. The van der Waals surface area contributed by atoms with Crippen molar-refractivity contribution in [1.29, 1.82) is 0 Å². The average Bonchev–Trinajstić information content (AvgIpc) is 3.50. The molecule has 3 aromatic carbocycles. The van der Waals surface area contributed by atoms with Gasteiger partial charge in [-0.05, 0) is 54.1 Å². The normalized spacial score (nSPS) is 15.8. The van der Waals surface area contributed by atoms with Crippen LogP contribution < -0.4 is 0 Å². The van der Waals surface area contributed by atoms with E-state index >= 15 is 0 Å². The molecule has 1 aliphatic rings. The third kappa shape index (κ3) is 3.56. The number of thiophene rings is 1. The Labute approximate surface area is 206 Å². The van der Waals surface area contributed by atoms with E-state index in [0.717, 1.165) is 44.4 Å². The van der Waals surface area contributed by atoms with Crippen molar-refractivity contribution in [2.75, 3.05) is 0 Å². The van der Waals surface area contributed by atoms with Gasteiger partial charge < -0.3 is 4.42 Å². The fourth-order valence-electron chi connectivity index (χ4n) is 4.69. The number of hydrogen-bond acceptors (Lipinski definition) is 5. The number of nitrogens with zero attached hydrogens (tertiary/aromatic N) is 3. The highest BCUT2D eigenvalue weighted by atomic mass is 32.1. The SMILES string of the molecule is CC1C=C(c2nc(-c3ccc4oc5ccccc5c4c3)nc(-c3cc4ccccc4s3)n2)C=CC1. The third-order valence-electron chi connectivity index (χ3n) is 6.44. The molecule has 7 rings (SSSR count). The molecule has 3 aromatic heterocycles. The van der Waals surface area contributed by atoms with E-state index in [4.69, 9.17) is 19.4 Å². The summed E-state index contributed by atoms with van der Waals surface area (Å²) in [4.78, 5) is 15.9. The van der Waals surface area contributed by atoms with E-state index in [2.05, 4.69) is 67.6 Å². The van der Waals surface area contributed by atoms with Crippen LogP contribution in [0, 0.1) is 5.92 Å². The van der Waals surface area contributed by atoms with Crippen molar-refractivity contribution in [3.05, 3.63) is 96.8 Å². The molecule has 5 heteroatoms. The van der Waals surface area contributed by atoms with E-state index in [1.807, 2.05) is 30.3 Å². The lowest BCUT2D eigenvalue weighted by Gasteiger charge is -2.13. The molecule has 0 amide bonds. The molecule has 1 unspecified atom stereocenters. The van der Waals surface area contributed by atoms with Crippen LogP contribution in [0.5, 0.6) is 0 Å². The molecule has 1 atom stereocenters. The largest absolute Gasteiger partial charge is 0.456 e. The summed E-state index contributed by atoms with van der Waals surface area (Å²) in [6.07, 6.45) is 7.61. The van der Waals surface area contributed by atoms with Gasteiger partial charge in [0, 0.05) is 26.6 Å². The zero-order valence-corrected chi connectivity index (χ0v) is 19.9. The fraction of sp³-hybridized carbons (Fsp3) is 0.100. The van der Waals surface area contributed by atoms with Gasteiger partial charge in [-0.3, -0.25) is 0 Å². The van der Waals surface area contributed by atoms with E-state index < -0.39 is 0 Å². The quantitative estimate of drug-likeness (QED) is 0.260. The van der Waals surface area contributed by atoms with Gasteiger partial charge in [0.2, 0.25) is 0 Å². The molecule has 6 aromatic rings. The van der Waals surface area contributed by atoms with Crippen LogP contribution in [-0.2, 0) is 0 Å². The molecule has 0 bridgehead atoms. The van der Waals surface area contributed by atoms with Crippen LogP contribution in [0.2, 0.25) is 0 Å². The maximum absolute atomic E-state index is 6.03. The first-order chi connectivity index (χ1) is 17.2. The van der Waals surface area contributed by atoms with E-state index in [1.54, 1.807) is 11.3 Å². The van der Waals surface area contributed by atoms with Crippen molar-refractivity contribution in [2.45, 2.75) is 13.3 Å². The second kappa shape index (κ2) is 8.00. The minimum absolute atomic E-state index is 0.455. The molecule has 0 spiro atoms. The van der Waals surface area contributed by atoms with Crippen LogP contribution in [0.25, 0.3) is 59.7 Å².